The van der Waals surface area contributed by atoms with Crippen LogP contribution in [-0.2, 0) is 11.8 Å². The molecule has 2 atom stereocenters. The highest BCUT2D eigenvalue weighted by Gasteiger charge is 2.38. The number of rotatable bonds is 4. The Bertz CT molecular complexity index is 1040. The Morgan fingerprint density at radius 3 is 2.27 bits per heavy atom. The number of pyridine rings is 1. The van der Waals surface area contributed by atoms with Crippen LogP contribution < -0.4 is 0 Å². The molecule has 1 aromatic heterocycles. The quantitative estimate of drug-likeness (QED) is 0.523. The summed E-state index contributed by atoms with van der Waals surface area (Å²) < 4.78 is 0. The largest absolute Gasteiger partial charge is 0.388 e. The van der Waals surface area contributed by atoms with Crippen molar-refractivity contribution in [2.75, 3.05) is 0 Å². The molecule has 2 aromatic rings. The smallest absolute Gasteiger partial charge is 0.106 e. The monoisotopic (exact) mass is 447 g/mol. The van der Waals surface area contributed by atoms with Gasteiger partial charge in [0.05, 0.1) is 11.8 Å². The molecule has 1 heterocycles. The molecule has 2 N–H and O–H groups in total. The standard InChI is InChI=1S/C30H41NO2/c1-18(2)24-25-22(16-30(6,7)17-23(25)32)31-27(19-10-8-9-11-19)26(24)28(33)20-12-14-21(15-13-20)29(3,4)5/h12-15,19,23,28,32-33H,1,8-11,16-17H2,2-7H3/t23-,28+/m0/s1. The Balaban J connectivity index is 1.92. The summed E-state index contributed by atoms with van der Waals surface area (Å²) in [5.74, 6) is 0.356. The van der Waals surface area contributed by atoms with Crippen molar-refractivity contribution in [2.24, 2.45) is 5.41 Å². The van der Waals surface area contributed by atoms with Crippen LogP contribution in [0.1, 0.15) is 131 Å². The van der Waals surface area contributed by atoms with Gasteiger partial charge in [-0.1, -0.05) is 83.9 Å². The minimum atomic E-state index is -0.791. The third-order valence-corrected chi connectivity index (χ3v) is 7.64. The molecule has 0 amide bonds. The van der Waals surface area contributed by atoms with E-state index in [0.717, 1.165) is 58.5 Å². The molecule has 0 spiro atoms. The molecule has 1 saturated carbocycles. The van der Waals surface area contributed by atoms with E-state index in [9.17, 15) is 10.2 Å². The van der Waals surface area contributed by atoms with Crippen LogP contribution in [0, 0.1) is 5.41 Å². The highest BCUT2D eigenvalue weighted by molar-refractivity contribution is 5.71. The van der Waals surface area contributed by atoms with Crippen molar-refractivity contribution in [3.63, 3.8) is 0 Å². The minimum absolute atomic E-state index is 0.00161. The van der Waals surface area contributed by atoms with E-state index in [-0.39, 0.29) is 10.8 Å². The van der Waals surface area contributed by atoms with E-state index >= 15 is 0 Å². The predicted molar refractivity (Wildman–Crippen MR) is 136 cm³/mol. The summed E-state index contributed by atoms with van der Waals surface area (Å²) >= 11 is 0. The van der Waals surface area contributed by atoms with Crippen LogP contribution in [0.3, 0.4) is 0 Å². The van der Waals surface area contributed by atoms with Gasteiger partial charge in [0.25, 0.3) is 0 Å². The molecule has 33 heavy (non-hydrogen) atoms. The van der Waals surface area contributed by atoms with Crippen molar-refractivity contribution < 1.29 is 10.2 Å². The van der Waals surface area contributed by atoms with Crippen LogP contribution in [0.15, 0.2) is 30.8 Å². The lowest BCUT2D eigenvalue weighted by Crippen LogP contribution is -2.29. The summed E-state index contributed by atoms with van der Waals surface area (Å²) in [5, 5.41) is 23.0. The van der Waals surface area contributed by atoms with Crippen molar-refractivity contribution in [3.05, 3.63) is 70.0 Å². The average Bonchev–Trinajstić information content (AvgIpc) is 3.25. The lowest BCUT2D eigenvalue weighted by Gasteiger charge is -2.37. The Morgan fingerprint density at radius 1 is 1.12 bits per heavy atom. The van der Waals surface area contributed by atoms with Crippen LogP contribution >= 0.6 is 0 Å². The Labute approximate surface area is 200 Å². The van der Waals surface area contributed by atoms with E-state index in [2.05, 4.69) is 53.3 Å². The molecule has 2 aliphatic carbocycles. The zero-order chi connectivity index (χ0) is 24.1. The number of aliphatic hydroxyl groups excluding tert-OH is 2. The Morgan fingerprint density at radius 2 is 1.73 bits per heavy atom. The summed E-state index contributed by atoms with van der Waals surface area (Å²) in [6.07, 6.45) is 4.78. The van der Waals surface area contributed by atoms with Gasteiger partial charge in [-0.15, -0.1) is 0 Å². The number of fused-ring (bicyclic) bond motifs is 1. The first-order valence-electron chi connectivity index (χ1n) is 12.6. The lowest BCUT2D eigenvalue weighted by atomic mass is 9.71. The molecule has 4 rings (SSSR count). The summed E-state index contributed by atoms with van der Waals surface area (Å²) in [5.41, 5.74) is 7.81. The van der Waals surface area contributed by atoms with Crippen molar-refractivity contribution in [1.29, 1.82) is 0 Å². The fraction of sp³-hybridized carbons (Fsp3) is 0.567. The van der Waals surface area contributed by atoms with Crippen molar-refractivity contribution >= 4 is 5.57 Å². The van der Waals surface area contributed by atoms with Gasteiger partial charge in [0.15, 0.2) is 0 Å². The predicted octanol–water partition coefficient (Wildman–Crippen LogP) is 7.16. The highest BCUT2D eigenvalue weighted by atomic mass is 16.3. The molecule has 178 valence electrons. The Hall–Kier alpha value is -1.97. The van der Waals surface area contributed by atoms with Gasteiger partial charge in [-0.25, -0.2) is 0 Å². The fourth-order valence-corrected chi connectivity index (χ4v) is 5.91. The van der Waals surface area contributed by atoms with Crippen molar-refractivity contribution in [1.82, 2.24) is 4.98 Å². The van der Waals surface area contributed by atoms with Gasteiger partial charge in [-0.3, -0.25) is 4.98 Å². The molecule has 0 aliphatic heterocycles. The second-order valence-corrected chi connectivity index (χ2v) is 12.2. The lowest BCUT2D eigenvalue weighted by molar-refractivity contribution is 0.0972. The maximum absolute atomic E-state index is 11.8. The molecule has 2 aliphatic rings. The summed E-state index contributed by atoms with van der Waals surface area (Å²) in [7, 11) is 0. The van der Waals surface area contributed by atoms with Crippen LogP contribution in [-0.4, -0.2) is 15.2 Å². The summed E-state index contributed by atoms with van der Waals surface area (Å²) in [6, 6.07) is 8.34. The van der Waals surface area contributed by atoms with E-state index in [1.54, 1.807) is 0 Å². The SMILES string of the molecule is C=C(C)c1c([C@H](O)c2ccc(C(C)(C)C)cc2)c(C2CCCC2)nc2c1[C@@H](O)CC(C)(C)C2. The van der Waals surface area contributed by atoms with Crippen LogP contribution in [0.4, 0.5) is 0 Å². The fourth-order valence-electron chi connectivity index (χ4n) is 5.91. The van der Waals surface area contributed by atoms with Gasteiger partial charge in [-0.05, 0) is 60.1 Å². The zero-order valence-electron chi connectivity index (χ0n) is 21.3. The Kier molecular flexibility index (Phi) is 6.35. The second-order valence-electron chi connectivity index (χ2n) is 12.2. The molecule has 1 fully saturated rings. The second kappa shape index (κ2) is 8.67. The maximum atomic E-state index is 11.8. The molecule has 0 radical (unpaired) electrons. The topological polar surface area (TPSA) is 53.4 Å². The van der Waals surface area contributed by atoms with Gasteiger partial charge in [0, 0.05) is 22.7 Å². The molecule has 1 aromatic carbocycles. The van der Waals surface area contributed by atoms with E-state index in [1.807, 2.05) is 19.1 Å². The zero-order valence-corrected chi connectivity index (χ0v) is 21.3. The van der Waals surface area contributed by atoms with Gasteiger partial charge in [0.1, 0.15) is 6.10 Å². The van der Waals surface area contributed by atoms with Crippen molar-refractivity contribution in [3.8, 4) is 0 Å². The van der Waals surface area contributed by atoms with Gasteiger partial charge in [0.2, 0.25) is 0 Å². The first-order chi connectivity index (χ1) is 15.4. The number of aromatic nitrogens is 1. The molecule has 0 saturated heterocycles. The average molecular weight is 448 g/mol. The molecule has 3 nitrogen and oxygen atoms in total. The summed E-state index contributed by atoms with van der Waals surface area (Å²) in [4.78, 5) is 5.23. The van der Waals surface area contributed by atoms with E-state index in [4.69, 9.17) is 4.98 Å². The van der Waals surface area contributed by atoms with Crippen LogP contribution in [0.25, 0.3) is 5.57 Å². The number of hydrogen-bond acceptors (Lipinski definition) is 3. The number of aliphatic hydroxyl groups is 2. The third kappa shape index (κ3) is 4.68. The van der Waals surface area contributed by atoms with Crippen LogP contribution in [0.2, 0.25) is 0 Å². The number of benzene rings is 1. The maximum Gasteiger partial charge on any atom is 0.106 e. The van der Waals surface area contributed by atoms with Gasteiger partial charge in [-0.2, -0.15) is 0 Å². The number of allylic oxidation sites excluding steroid dienone is 1. The minimum Gasteiger partial charge on any atom is -0.388 e. The van der Waals surface area contributed by atoms with Gasteiger partial charge >= 0.3 is 0 Å². The van der Waals surface area contributed by atoms with E-state index in [1.165, 1.54) is 18.4 Å². The number of nitrogens with zero attached hydrogens (tertiary/aromatic N) is 1. The highest BCUT2D eigenvalue weighted by Crippen LogP contribution is 2.48. The van der Waals surface area contributed by atoms with Crippen molar-refractivity contribution in [2.45, 2.75) is 104 Å². The molecular weight excluding hydrogens is 406 g/mol. The normalized spacial score (nSPS) is 21.6. The first kappa shape index (κ1) is 24.2. The molecule has 0 unspecified atom stereocenters. The van der Waals surface area contributed by atoms with Gasteiger partial charge < -0.3 is 10.2 Å². The first-order valence-corrected chi connectivity index (χ1v) is 12.6. The molecular formula is C30H41NO2. The van der Waals surface area contributed by atoms with E-state index in [0.29, 0.717) is 12.3 Å². The van der Waals surface area contributed by atoms with Crippen LogP contribution in [0.5, 0.6) is 0 Å². The van der Waals surface area contributed by atoms with E-state index < -0.39 is 12.2 Å². The summed E-state index contributed by atoms with van der Waals surface area (Å²) in [6.45, 7) is 17.3. The molecule has 3 heteroatoms. The number of hydrogen-bond donors (Lipinski definition) is 2. The molecule has 0 bridgehead atoms. The third-order valence-electron chi connectivity index (χ3n) is 7.64.